The molecule has 7 nitrogen and oxygen atoms in total. The van der Waals surface area contributed by atoms with Crippen LogP contribution in [-0.2, 0) is 17.1 Å². The highest BCUT2D eigenvalue weighted by molar-refractivity contribution is 7.92. The lowest BCUT2D eigenvalue weighted by atomic mass is 9.93. The summed E-state index contributed by atoms with van der Waals surface area (Å²) in [6.07, 6.45) is 7.38. The molecule has 0 aliphatic heterocycles. The fraction of sp³-hybridized carbons (Fsp3) is 0.364. The van der Waals surface area contributed by atoms with Crippen molar-refractivity contribution in [2.24, 2.45) is 7.05 Å². The Morgan fingerprint density at radius 2 is 1.81 bits per heavy atom. The maximum Gasteiger partial charge on any atom is 0.268 e. The minimum atomic E-state index is -4.51. The van der Waals surface area contributed by atoms with Gasteiger partial charge in [-0.05, 0) is 37.5 Å². The van der Waals surface area contributed by atoms with Gasteiger partial charge in [0, 0.05) is 43.2 Å². The number of nitrogens with one attached hydrogen (secondary N) is 1. The summed E-state index contributed by atoms with van der Waals surface area (Å²) in [5.74, 6) is -2.52. The predicted molar refractivity (Wildman–Crippen MR) is 115 cm³/mol. The number of aryl methyl sites for hydroxylation is 1. The van der Waals surface area contributed by atoms with Crippen LogP contribution >= 0.6 is 0 Å². The molecular formula is C22H24F2N4O3S. The number of sulfonamides is 1. The van der Waals surface area contributed by atoms with E-state index in [1.165, 1.54) is 12.3 Å². The van der Waals surface area contributed by atoms with Crippen LogP contribution in [0, 0.1) is 11.6 Å². The monoisotopic (exact) mass is 462 g/mol. The molecule has 2 atom stereocenters. The Bertz CT molecular complexity index is 1160. The van der Waals surface area contributed by atoms with Gasteiger partial charge in [0.15, 0.2) is 4.90 Å². The van der Waals surface area contributed by atoms with Gasteiger partial charge in [-0.1, -0.05) is 18.9 Å². The fourth-order valence-electron chi connectivity index (χ4n) is 4.15. The number of hydrogen-bond acceptors (Lipinski definition) is 5. The first-order chi connectivity index (χ1) is 15.3. The Labute approximate surface area is 185 Å². The Kier molecular flexibility index (Phi) is 6.40. The number of hydrogen-bond donors (Lipinski definition) is 1. The van der Waals surface area contributed by atoms with E-state index in [2.05, 4.69) is 14.8 Å². The molecule has 1 aliphatic carbocycles. The number of rotatable bonds is 6. The van der Waals surface area contributed by atoms with Crippen LogP contribution in [0.25, 0.3) is 0 Å². The van der Waals surface area contributed by atoms with Gasteiger partial charge in [0.05, 0.1) is 0 Å². The number of nitrogens with zero attached hydrogens (tertiary/aromatic N) is 3. The molecule has 0 spiro atoms. The molecule has 1 N–H and O–H groups in total. The standard InChI is InChI=1S/C22H24F2N4O3S/c1-28-19(10-12-26-28)16-7-3-2-4-8-20(16)31-15-13-17(23)22(18(24)14-15)32(29,30)27-21-9-5-6-11-25-21/h5-6,9-14,16,20H,2-4,7-8H2,1H3,(H,25,27)/t16-,20+/m1/s1. The number of halogens is 2. The van der Waals surface area contributed by atoms with E-state index in [-0.39, 0.29) is 23.6 Å². The smallest absolute Gasteiger partial charge is 0.268 e. The van der Waals surface area contributed by atoms with Gasteiger partial charge in [-0.2, -0.15) is 5.10 Å². The molecule has 170 valence electrons. The number of anilines is 1. The second-order valence-corrected chi connectivity index (χ2v) is 9.44. The van der Waals surface area contributed by atoms with Gasteiger partial charge in [0.1, 0.15) is 29.3 Å². The van der Waals surface area contributed by atoms with E-state index in [0.717, 1.165) is 49.9 Å². The first kappa shape index (κ1) is 22.2. The van der Waals surface area contributed by atoms with Crippen molar-refractivity contribution in [3.05, 3.63) is 66.1 Å². The van der Waals surface area contributed by atoms with E-state index in [4.69, 9.17) is 4.74 Å². The zero-order chi connectivity index (χ0) is 22.7. The summed E-state index contributed by atoms with van der Waals surface area (Å²) in [5, 5.41) is 4.23. The van der Waals surface area contributed by atoms with Crippen molar-refractivity contribution in [2.75, 3.05) is 4.72 Å². The molecule has 10 heteroatoms. The third kappa shape index (κ3) is 4.74. The topological polar surface area (TPSA) is 86.1 Å². The highest BCUT2D eigenvalue weighted by atomic mass is 32.2. The van der Waals surface area contributed by atoms with Gasteiger partial charge in [0.2, 0.25) is 0 Å². The van der Waals surface area contributed by atoms with Gasteiger partial charge >= 0.3 is 0 Å². The van der Waals surface area contributed by atoms with Crippen LogP contribution in [-0.4, -0.2) is 29.3 Å². The van der Waals surface area contributed by atoms with Crippen molar-refractivity contribution in [2.45, 2.75) is 49.0 Å². The molecule has 1 aliphatic rings. The van der Waals surface area contributed by atoms with E-state index in [9.17, 15) is 17.2 Å². The van der Waals surface area contributed by atoms with E-state index in [1.807, 2.05) is 13.1 Å². The molecule has 1 aromatic carbocycles. The Hall–Kier alpha value is -3.01. The molecule has 0 unspecified atom stereocenters. The molecular weight excluding hydrogens is 438 g/mol. The average molecular weight is 463 g/mol. The third-order valence-corrected chi connectivity index (χ3v) is 7.03. The van der Waals surface area contributed by atoms with E-state index in [0.29, 0.717) is 0 Å². The molecule has 0 amide bonds. The van der Waals surface area contributed by atoms with E-state index >= 15 is 0 Å². The molecule has 0 radical (unpaired) electrons. The number of pyridine rings is 1. The third-order valence-electron chi connectivity index (χ3n) is 5.62. The maximum absolute atomic E-state index is 14.8. The van der Waals surface area contributed by atoms with Crippen molar-refractivity contribution in [1.29, 1.82) is 0 Å². The summed E-state index contributed by atoms with van der Waals surface area (Å²) in [6, 6.07) is 8.29. The minimum absolute atomic E-state index is 0.0188. The lowest BCUT2D eigenvalue weighted by molar-refractivity contribution is 0.156. The zero-order valence-corrected chi connectivity index (χ0v) is 18.4. The van der Waals surface area contributed by atoms with Gasteiger partial charge < -0.3 is 4.74 Å². The summed E-state index contributed by atoms with van der Waals surface area (Å²) >= 11 is 0. The zero-order valence-electron chi connectivity index (χ0n) is 17.5. The van der Waals surface area contributed by atoms with Gasteiger partial charge in [0.25, 0.3) is 10.0 Å². The van der Waals surface area contributed by atoms with Crippen LogP contribution in [0.4, 0.5) is 14.6 Å². The predicted octanol–water partition coefficient (Wildman–Crippen LogP) is 4.39. The quantitative estimate of drug-likeness (QED) is 0.549. The van der Waals surface area contributed by atoms with Crippen LogP contribution in [0.1, 0.15) is 43.7 Å². The van der Waals surface area contributed by atoms with E-state index < -0.39 is 26.6 Å². The number of aromatic nitrogens is 3. The van der Waals surface area contributed by atoms with Crippen LogP contribution in [0.2, 0.25) is 0 Å². The minimum Gasteiger partial charge on any atom is -0.490 e. The first-order valence-corrected chi connectivity index (χ1v) is 11.9. The second kappa shape index (κ2) is 9.23. The molecule has 32 heavy (non-hydrogen) atoms. The second-order valence-electron chi connectivity index (χ2n) is 7.82. The molecule has 0 bridgehead atoms. The van der Waals surface area contributed by atoms with Crippen LogP contribution in [0.15, 0.2) is 53.7 Å². The van der Waals surface area contributed by atoms with Crippen molar-refractivity contribution in [1.82, 2.24) is 14.8 Å². The van der Waals surface area contributed by atoms with Crippen LogP contribution in [0.5, 0.6) is 5.75 Å². The van der Waals surface area contributed by atoms with Crippen molar-refractivity contribution in [3.63, 3.8) is 0 Å². The molecule has 1 fully saturated rings. The molecule has 2 heterocycles. The molecule has 2 aromatic heterocycles. The summed E-state index contributed by atoms with van der Waals surface area (Å²) in [6.45, 7) is 0. The molecule has 1 saturated carbocycles. The SMILES string of the molecule is Cn1nccc1[C@H]1CCCCC[C@@H]1Oc1cc(F)c(S(=O)(=O)Nc2ccccn2)c(F)c1. The van der Waals surface area contributed by atoms with Crippen molar-refractivity contribution < 1.29 is 21.9 Å². The Morgan fingerprint density at radius 3 is 2.47 bits per heavy atom. The van der Waals surface area contributed by atoms with E-state index in [1.54, 1.807) is 23.0 Å². The van der Waals surface area contributed by atoms with Crippen molar-refractivity contribution >= 4 is 15.8 Å². The van der Waals surface area contributed by atoms with Crippen LogP contribution in [0.3, 0.4) is 0 Å². The van der Waals surface area contributed by atoms with Gasteiger partial charge in [-0.15, -0.1) is 0 Å². The summed E-state index contributed by atoms with van der Waals surface area (Å²) in [4.78, 5) is 2.76. The maximum atomic E-state index is 14.8. The molecule has 3 aromatic rings. The summed E-state index contributed by atoms with van der Waals surface area (Å²) < 4.78 is 64.6. The van der Waals surface area contributed by atoms with Gasteiger partial charge in [-0.3, -0.25) is 9.40 Å². The lowest BCUT2D eigenvalue weighted by Gasteiger charge is -2.26. The van der Waals surface area contributed by atoms with Gasteiger partial charge in [-0.25, -0.2) is 22.2 Å². The Balaban J connectivity index is 1.60. The lowest BCUT2D eigenvalue weighted by Crippen LogP contribution is -2.26. The highest BCUT2D eigenvalue weighted by Crippen LogP contribution is 2.35. The largest absolute Gasteiger partial charge is 0.490 e. The fourth-order valence-corrected chi connectivity index (χ4v) is 5.28. The highest BCUT2D eigenvalue weighted by Gasteiger charge is 2.31. The van der Waals surface area contributed by atoms with Crippen molar-refractivity contribution in [3.8, 4) is 5.75 Å². The summed E-state index contributed by atoms with van der Waals surface area (Å²) in [5.41, 5.74) is 0.997. The molecule has 0 saturated heterocycles. The first-order valence-electron chi connectivity index (χ1n) is 10.4. The van der Waals surface area contributed by atoms with Crippen LogP contribution < -0.4 is 9.46 Å². The molecule has 4 rings (SSSR count). The summed E-state index contributed by atoms with van der Waals surface area (Å²) in [7, 11) is -2.66. The number of benzene rings is 1. The number of ether oxygens (including phenoxy) is 1. The normalized spacial score (nSPS) is 19.3. The average Bonchev–Trinajstić information content (AvgIpc) is 3.02. The Morgan fingerprint density at radius 1 is 1.06 bits per heavy atom.